The zero-order valence-corrected chi connectivity index (χ0v) is 14.4. The lowest BCUT2D eigenvalue weighted by Crippen LogP contribution is -2.53. The van der Waals surface area contributed by atoms with Crippen LogP contribution in [0.3, 0.4) is 0 Å². The highest BCUT2D eigenvalue weighted by molar-refractivity contribution is 7.16. The minimum absolute atomic E-state index is 0.0927. The summed E-state index contributed by atoms with van der Waals surface area (Å²) < 4.78 is 5.26. The number of ether oxygens (including phenoxy) is 1. The molecule has 8 nitrogen and oxygen atoms in total. The predicted octanol–water partition coefficient (Wildman–Crippen LogP) is -0.285. The molecule has 0 aromatic carbocycles. The van der Waals surface area contributed by atoms with E-state index in [0.29, 0.717) is 16.6 Å². The van der Waals surface area contributed by atoms with E-state index in [0.717, 1.165) is 0 Å². The molecule has 0 spiro atoms. The Hall–Kier alpha value is -1.65. The van der Waals surface area contributed by atoms with Crippen LogP contribution in [0.15, 0.2) is 0 Å². The van der Waals surface area contributed by atoms with Gasteiger partial charge in [0, 0.05) is 18.0 Å². The van der Waals surface area contributed by atoms with Crippen LogP contribution in [0.4, 0.5) is 9.93 Å². The van der Waals surface area contributed by atoms with Gasteiger partial charge in [-0.2, -0.15) is 0 Å². The molecule has 0 unspecified atom stereocenters. The zero-order chi connectivity index (χ0) is 17.4. The molecule has 2 heterocycles. The van der Waals surface area contributed by atoms with Crippen LogP contribution in [-0.4, -0.2) is 64.3 Å². The number of thiazole rings is 1. The van der Waals surface area contributed by atoms with Gasteiger partial charge < -0.3 is 14.8 Å². The van der Waals surface area contributed by atoms with E-state index in [2.05, 4.69) is 4.98 Å². The normalized spacial score (nSPS) is 15.8. The maximum atomic E-state index is 12.3. The minimum Gasteiger partial charge on any atom is -0.444 e. The molecular formula is C13H20BN3O5S. The van der Waals surface area contributed by atoms with Gasteiger partial charge in [0.1, 0.15) is 12.1 Å². The van der Waals surface area contributed by atoms with Gasteiger partial charge in [-0.25, -0.2) is 9.78 Å². The van der Waals surface area contributed by atoms with E-state index >= 15 is 0 Å². The van der Waals surface area contributed by atoms with Gasteiger partial charge in [0.2, 0.25) is 5.91 Å². The lowest BCUT2D eigenvalue weighted by Gasteiger charge is -2.34. The Balaban J connectivity index is 2.06. The van der Waals surface area contributed by atoms with E-state index in [1.807, 2.05) is 0 Å². The Kier molecular flexibility index (Phi) is 4.97. The number of aryl methyl sites for hydroxylation is 1. The van der Waals surface area contributed by atoms with Gasteiger partial charge in [-0.15, -0.1) is 11.3 Å². The number of hydrogen-bond donors (Lipinski definition) is 2. The Morgan fingerprint density at radius 2 is 2.00 bits per heavy atom. The summed E-state index contributed by atoms with van der Waals surface area (Å²) in [7, 11) is -1.67. The third-order valence-electron chi connectivity index (χ3n) is 3.17. The van der Waals surface area contributed by atoms with Crippen LogP contribution in [-0.2, 0) is 9.53 Å². The average Bonchev–Trinajstić information content (AvgIpc) is 2.78. The monoisotopic (exact) mass is 341 g/mol. The quantitative estimate of drug-likeness (QED) is 0.717. The van der Waals surface area contributed by atoms with E-state index in [9.17, 15) is 19.6 Å². The lowest BCUT2D eigenvalue weighted by molar-refractivity contribution is -0.121. The smallest absolute Gasteiger partial charge is 0.444 e. The summed E-state index contributed by atoms with van der Waals surface area (Å²) >= 11 is 1.21. The Morgan fingerprint density at radius 1 is 1.35 bits per heavy atom. The number of carbonyl (C=O) groups excluding carboxylic acids is 2. The van der Waals surface area contributed by atoms with Crippen LogP contribution in [0, 0.1) is 6.92 Å². The fraction of sp³-hybridized carbons (Fsp3) is 0.615. The van der Waals surface area contributed by atoms with Crippen LogP contribution < -0.4 is 10.5 Å². The van der Waals surface area contributed by atoms with Crippen LogP contribution >= 0.6 is 11.3 Å². The van der Waals surface area contributed by atoms with Crippen molar-refractivity contribution in [1.29, 1.82) is 0 Å². The molecular weight excluding hydrogens is 321 g/mol. The fourth-order valence-electron chi connectivity index (χ4n) is 2.11. The second-order valence-electron chi connectivity index (χ2n) is 6.26. The molecule has 0 bridgehead atoms. The number of carbonyl (C=O) groups is 2. The van der Waals surface area contributed by atoms with E-state index in [4.69, 9.17) is 4.74 Å². The van der Waals surface area contributed by atoms with Crippen LogP contribution in [0.2, 0.25) is 0 Å². The lowest BCUT2D eigenvalue weighted by atomic mass is 9.86. The molecule has 0 radical (unpaired) electrons. The van der Waals surface area contributed by atoms with Crippen molar-refractivity contribution in [3.63, 3.8) is 0 Å². The Morgan fingerprint density at radius 3 is 2.48 bits per heavy atom. The third-order valence-corrected chi connectivity index (χ3v) is 4.18. The highest BCUT2D eigenvalue weighted by Crippen LogP contribution is 2.23. The van der Waals surface area contributed by atoms with Gasteiger partial charge in [-0.1, -0.05) is 0 Å². The molecule has 1 aromatic heterocycles. The van der Waals surface area contributed by atoms with Gasteiger partial charge in [-0.3, -0.25) is 14.6 Å². The molecule has 1 aliphatic heterocycles. The van der Waals surface area contributed by atoms with E-state index in [-0.39, 0.29) is 24.6 Å². The summed E-state index contributed by atoms with van der Waals surface area (Å²) in [6.07, 6.45) is -0.521. The van der Waals surface area contributed by atoms with Gasteiger partial charge in [-0.05, 0) is 27.7 Å². The second-order valence-corrected chi connectivity index (χ2v) is 7.44. The molecule has 1 aliphatic rings. The largest absolute Gasteiger partial charge is 0.509 e. The standard InChI is InChI=1S/C13H20BN3O5S/c1-8-10(14(20)21)15-11(23-8)17-6-5-16(7-9(17)18)12(19)22-13(2,3)4/h20-21H,5-7H2,1-4H3. The van der Waals surface area contributed by atoms with E-state index < -0.39 is 18.8 Å². The molecule has 2 rings (SSSR count). The number of piperazine rings is 1. The summed E-state index contributed by atoms with van der Waals surface area (Å²) in [4.78, 5) is 31.8. The van der Waals surface area contributed by atoms with Crippen molar-refractivity contribution in [1.82, 2.24) is 9.88 Å². The molecule has 1 saturated heterocycles. The molecule has 2 amide bonds. The van der Waals surface area contributed by atoms with Crippen LogP contribution in [0.1, 0.15) is 25.6 Å². The number of nitrogens with zero attached hydrogens (tertiary/aromatic N) is 3. The van der Waals surface area contributed by atoms with Crippen molar-refractivity contribution in [2.24, 2.45) is 0 Å². The fourth-order valence-corrected chi connectivity index (χ4v) is 3.08. The summed E-state index contributed by atoms with van der Waals surface area (Å²) in [6.45, 7) is 7.53. The highest BCUT2D eigenvalue weighted by atomic mass is 32.1. The molecule has 0 aliphatic carbocycles. The first-order chi connectivity index (χ1) is 10.6. The summed E-state index contributed by atoms with van der Waals surface area (Å²) in [5.41, 5.74) is -0.470. The molecule has 1 aromatic rings. The molecule has 0 saturated carbocycles. The molecule has 23 heavy (non-hydrogen) atoms. The van der Waals surface area contributed by atoms with Crippen molar-refractivity contribution in [3.8, 4) is 0 Å². The number of anilines is 1. The summed E-state index contributed by atoms with van der Waals surface area (Å²) in [6, 6.07) is 0. The SMILES string of the molecule is Cc1sc(N2CCN(C(=O)OC(C)(C)C)CC2=O)nc1B(O)O. The summed E-state index contributed by atoms with van der Waals surface area (Å²) in [5, 5.41) is 18.9. The van der Waals surface area contributed by atoms with E-state index in [1.165, 1.54) is 21.1 Å². The molecule has 1 fully saturated rings. The van der Waals surface area contributed by atoms with Crippen molar-refractivity contribution in [2.75, 3.05) is 24.5 Å². The average molecular weight is 341 g/mol. The van der Waals surface area contributed by atoms with Crippen LogP contribution in [0.25, 0.3) is 0 Å². The van der Waals surface area contributed by atoms with Gasteiger partial charge >= 0.3 is 13.2 Å². The predicted molar refractivity (Wildman–Crippen MR) is 86.8 cm³/mol. The Bertz CT molecular complexity index is 613. The highest BCUT2D eigenvalue weighted by Gasteiger charge is 2.33. The number of rotatable bonds is 2. The van der Waals surface area contributed by atoms with Crippen molar-refractivity contribution in [2.45, 2.75) is 33.3 Å². The molecule has 0 atom stereocenters. The number of amides is 2. The zero-order valence-electron chi connectivity index (χ0n) is 13.6. The van der Waals surface area contributed by atoms with Crippen molar-refractivity contribution in [3.05, 3.63) is 4.88 Å². The maximum absolute atomic E-state index is 12.3. The van der Waals surface area contributed by atoms with Gasteiger partial charge in [0.25, 0.3) is 0 Å². The maximum Gasteiger partial charge on any atom is 0.509 e. The first-order valence-electron chi connectivity index (χ1n) is 7.20. The molecule has 126 valence electrons. The van der Waals surface area contributed by atoms with Gasteiger partial charge in [0.15, 0.2) is 5.13 Å². The Labute approximate surface area is 138 Å². The summed E-state index contributed by atoms with van der Waals surface area (Å²) in [5.74, 6) is -0.283. The topological polar surface area (TPSA) is 103 Å². The first-order valence-corrected chi connectivity index (χ1v) is 8.02. The minimum atomic E-state index is -1.67. The van der Waals surface area contributed by atoms with Gasteiger partial charge in [0.05, 0.1) is 5.59 Å². The van der Waals surface area contributed by atoms with E-state index in [1.54, 1.807) is 27.7 Å². The second kappa shape index (κ2) is 6.46. The first kappa shape index (κ1) is 17.7. The molecule has 10 heteroatoms. The number of hydrogen-bond acceptors (Lipinski definition) is 7. The molecule has 2 N–H and O–H groups in total. The number of aromatic nitrogens is 1. The van der Waals surface area contributed by atoms with Crippen LogP contribution in [0.5, 0.6) is 0 Å². The third kappa shape index (κ3) is 4.21. The van der Waals surface area contributed by atoms with Crippen molar-refractivity contribution < 1.29 is 24.4 Å². The van der Waals surface area contributed by atoms with Crippen molar-refractivity contribution >= 4 is 41.2 Å².